The molecule has 0 saturated carbocycles. The maximum Gasteiger partial charge on any atom is 0.270 e. The van der Waals surface area contributed by atoms with Crippen molar-refractivity contribution < 1.29 is 38.2 Å². The molecule has 0 spiro atoms. The number of hydrogen-bond acceptors (Lipinski definition) is 9. The quantitative estimate of drug-likeness (QED) is 0.204. The second-order valence-corrected chi connectivity index (χ2v) is 9.81. The van der Waals surface area contributed by atoms with Gasteiger partial charge in [-0.3, -0.25) is 29.0 Å². The zero-order valence-electron chi connectivity index (χ0n) is 23.6. The standard InChI is InChI=1S/C30H38N2O8/c1-21(33)11-14-38-18-30(19-39-15-12-22(2)34,20-40-16-13-23(3)35)32-29(37)28-10-9-27(17-31-28)26-7-5-25(6-8-26)24(4)36/h5-10,17H,11-16,18-20H2,1-4H3,(H,32,37). The van der Waals surface area contributed by atoms with E-state index >= 15 is 0 Å². The van der Waals surface area contributed by atoms with Crippen molar-refractivity contribution in [1.29, 1.82) is 0 Å². The highest BCUT2D eigenvalue weighted by Crippen LogP contribution is 2.20. The van der Waals surface area contributed by atoms with Crippen LogP contribution in [0.5, 0.6) is 0 Å². The molecule has 0 fully saturated rings. The summed E-state index contributed by atoms with van der Waals surface area (Å²) in [7, 11) is 0. The Kier molecular flexibility index (Phi) is 13.4. The Morgan fingerprint density at radius 1 is 0.675 bits per heavy atom. The van der Waals surface area contributed by atoms with Gasteiger partial charge in [0.25, 0.3) is 5.91 Å². The third-order valence-electron chi connectivity index (χ3n) is 5.93. The van der Waals surface area contributed by atoms with Gasteiger partial charge in [0.15, 0.2) is 5.78 Å². The molecular formula is C30H38N2O8. The van der Waals surface area contributed by atoms with E-state index in [1.165, 1.54) is 27.7 Å². The van der Waals surface area contributed by atoms with E-state index in [1.807, 2.05) is 12.1 Å². The van der Waals surface area contributed by atoms with Gasteiger partial charge in [-0.2, -0.15) is 0 Å². The number of pyridine rings is 1. The molecule has 10 nitrogen and oxygen atoms in total. The maximum absolute atomic E-state index is 13.3. The van der Waals surface area contributed by atoms with Crippen LogP contribution in [0, 0.1) is 0 Å². The number of ether oxygens (including phenoxy) is 3. The van der Waals surface area contributed by atoms with Crippen LogP contribution in [-0.4, -0.2) is 79.2 Å². The van der Waals surface area contributed by atoms with Crippen molar-refractivity contribution in [2.45, 2.75) is 52.5 Å². The summed E-state index contributed by atoms with van der Waals surface area (Å²) in [5, 5.41) is 2.92. The summed E-state index contributed by atoms with van der Waals surface area (Å²) < 4.78 is 17.2. The third kappa shape index (κ3) is 11.6. The predicted molar refractivity (Wildman–Crippen MR) is 148 cm³/mol. The van der Waals surface area contributed by atoms with Crippen LogP contribution in [0.4, 0.5) is 0 Å². The molecule has 40 heavy (non-hydrogen) atoms. The minimum Gasteiger partial charge on any atom is -0.378 e. The highest BCUT2D eigenvalue weighted by molar-refractivity contribution is 5.95. The van der Waals surface area contributed by atoms with Crippen molar-refractivity contribution in [1.82, 2.24) is 10.3 Å². The molecule has 2 rings (SSSR count). The Balaban J connectivity index is 2.22. The SMILES string of the molecule is CC(=O)CCOCC(COCCC(C)=O)(COCCC(C)=O)NC(=O)c1ccc(-c2ccc(C(C)=O)cc2)cn1. The van der Waals surface area contributed by atoms with Crippen molar-refractivity contribution in [3.05, 3.63) is 53.9 Å². The molecule has 0 aliphatic carbocycles. The summed E-state index contributed by atoms with van der Waals surface area (Å²) in [5.41, 5.74) is 1.18. The number of carbonyl (C=O) groups is 5. The van der Waals surface area contributed by atoms with Gasteiger partial charge in [-0.05, 0) is 39.3 Å². The molecule has 1 aromatic heterocycles. The van der Waals surface area contributed by atoms with E-state index in [0.29, 0.717) is 5.56 Å². The smallest absolute Gasteiger partial charge is 0.270 e. The average molecular weight is 555 g/mol. The molecule has 2 aromatic rings. The zero-order valence-corrected chi connectivity index (χ0v) is 23.6. The number of aromatic nitrogens is 1. The molecule has 1 heterocycles. The number of Topliss-reactive ketones (excluding diaryl/α,β-unsaturated/α-hetero) is 4. The molecule has 0 aliphatic rings. The maximum atomic E-state index is 13.3. The van der Waals surface area contributed by atoms with Crippen LogP contribution in [0.3, 0.4) is 0 Å². The minimum atomic E-state index is -1.18. The van der Waals surface area contributed by atoms with Gasteiger partial charge in [0.1, 0.15) is 28.6 Å². The van der Waals surface area contributed by atoms with Crippen LogP contribution in [0.25, 0.3) is 11.1 Å². The summed E-state index contributed by atoms with van der Waals surface area (Å²) in [6.07, 6.45) is 2.18. The highest BCUT2D eigenvalue weighted by atomic mass is 16.5. The van der Waals surface area contributed by atoms with Crippen LogP contribution in [0.15, 0.2) is 42.6 Å². The van der Waals surface area contributed by atoms with Gasteiger partial charge in [-0.1, -0.05) is 30.3 Å². The Morgan fingerprint density at radius 3 is 1.50 bits per heavy atom. The van der Waals surface area contributed by atoms with Gasteiger partial charge in [0.2, 0.25) is 0 Å². The number of ketones is 4. The van der Waals surface area contributed by atoms with Crippen molar-refractivity contribution in [2.24, 2.45) is 0 Å². The topological polar surface area (TPSA) is 138 Å². The molecule has 10 heteroatoms. The lowest BCUT2D eigenvalue weighted by molar-refractivity contribution is -0.118. The summed E-state index contributed by atoms with van der Waals surface area (Å²) in [6, 6.07) is 10.4. The molecule has 1 amide bonds. The first-order valence-corrected chi connectivity index (χ1v) is 13.1. The summed E-state index contributed by atoms with van der Waals surface area (Å²) in [5.74, 6) is -0.638. The lowest BCUT2D eigenvalue weighted by Crippen LogP contribution is -2.58. The predicted octanol–water partition coefficient (Wildman–Crippen LogP) is 3.41. The summed E-state index contributed by atoms with van der Waals surface area (Å²) >= 11 is 0. The number of carbonyl (C=O) groups excluding carboxylic acids is 5. The van der Waals surface area contributed by atoms with E-state index < -0.39 is 11.4 Å². The number of hydrogen-bond donors (Lipinski definition) is 1. The molecule has 0 unspecified atom stereocenters. The van der Waals surface area contributed by atoms with Crippen LogP contribution < -0.4 is 5.32 Å². The first-order valence-electron chi connectivity index (χ1n) is 13.1. The first-order chi connectivity index (χ1) is 19.0. The van der Waals surface area contributed by atoms with Gasteiger partial charge < -0.3 is 19.5 Å². The Bertz CT molecular complexity index is 1100. The van der Waals surface area contributed by atoms with Crippen molar-refractivity contribution in [3.63, 3.8) is 0 Å². The van der Waals surface area contributed by atoms with E-state index in [0.717, 1.165) is 11.1 Å². The Hall–Kier alpha value is -3.60. The highest BCUT2D eigenvalue weighted by Gasteiger charge is 2.34. The Morgan fingerprint density at radius 2 is 1.12 bits per heavy atom. The van der Waals surface area contributed by atoms with Crippen LogP contribution in [0.2, 0.25) is 0 Å². The van der Waals surface area contributed by atoms with Gasteiger partial charge in [-0.25, -0.2) is 0 Å². The average Bonchev–Trinajstić information content (AvgIpc) is 2.91. The molecule has 0 bridgehead atoms. The molecule has 1 N–H and O–H groups in total. The third-order valence-corrected chi connectivity index (χ3v) is 5.93. The number of benzene rings is 1. The fourth-order valence-corrected chi connectivity index (χ4v) is 3.58. The van der Waals surface area contributed by atoms with Crippen molar-refractivity contribution in [2.75, 3.05) is 39.6 Å². The van der Waals surface area contributed by atoms with E-state index in [1.54, 1.807) is 30.5 Å². The first kappa shape index (κ1) is 32.6. The van der Waals surface area contributed by atoms with E-state index in [9.17, 15) is 24.0 Å². The zero-order chi connectivity index (χ0) is 29.5. The van der Waals surface area contributed by atoms with Crippen molar-refractivity contribution >= 4 is 29.0 Å². The second kappa shape index (κ2) is 16.5. The lowest BCUT2D eigenvalue weighted by atomic mass is 10.0. The van der Waals surface area contributed by atoms with Gasteiger partial charge in [0.05, 0.1) is 39.6 Å². The largest absolute Gasteiger partial charge is 0.378 e. The molecule has 0 atom stereocenters. The van der Waals surface area contributed by atoms with Crippen LogP contribution >= 0.6 is 0 Å². The van der Waals surface area contributed by atoms with Crippen LogP contribution in [-0.2, 0) is 28.6 Å². The molecular weight excluding hydrogens is 516 g/mol. The number of amides is 1. The molecule has 0 aliphatic heterocycles. The fourth-order valence-electron chi connectivity index (χ4n) is 3.58. The number of rotatable bonds is 19. The minimum absolute atomic E-state index is 0.0269. The lowest BCUT2D eigenvalue weighted by Gasteiger charge is -2.34. The summed E-state index contributed by atoms with van der Waals surface area (Å²) in [6.45, 7) is 6.20. The Labute approximate surface area is 234 Å². The van der Waals surface area contributed by atoms with E-state index in [-0.39, 0.29) is 87.7 Å². The monoisotopic (exact) mass is 554 g/mol. The molecule has 0 radical (unpaired) electrons. The van der Waals surface area contributed by atoms with Gasteiger partial charge in [0, 0.05) is 36.6 Å². The van der Waals surface area contributed by atoms with Crippen molar-refractivity contribution in [3.8, 4) is 11.1 Å². The van der Waals surface area contributed by atoms with E-state index in [2.05, 4.69) is 10.3 Å². The van der Waals surface area contributed by atoms with E-state index in [4.69, 9.17) is 14.2 Å². The molecule has 216 valence electrons. The van der Waals surface area contributed by atoms with Gasteiger partial charge in [-0.15, -0.1) is 0 Å². The number of nitrogens with zero attached hydrogens (tertiary/aromatic N) is 1. The molecule has 1 aromatic carbocycles. The fraction of sp³-hybridized carbons (Fsp3) is 0.467. The van der Waals surface area contributed by atoms with Gasteiger partial charge >= 0.3 is 0 Å². The number of nitrogens with one attached hydrogen (secondary N) is 1. The van der Waals surface area contributed by atoms with Crippen LogP contribution in [0.1, 0.15) is 67.8 Å². The second-order valence-electron chi connectivity index (χ2n) is 9.81. The summed E-state index contributed by atoms with van der Waals surface area (Å²) in [4.78, 5) is 63.3. The normalized spacial score (nSPS) is 11.2. The molecule has 0 saturated heterocycles.